The lowest BCUT2D eigenvalue weighted by Gasteiger charge is -2.25. The molecule has 188 valence electrons. The van der Waals surface area contributed by atoms with Gasteiger partial charge in [0.05, 0.1) is 13.2 Å². The van der Waals surface area contributed by atoms with E-state index >= 15 is 0 Å². The summed E-state index contributed by atoms with van der Waals surface area (Å²) < 4.78 is 9.70. The Balaban J connectivity index is 0.000000434. The number of hydrogen-bond donors (Lipinski definition) is 0. The Morgan fingerprint density at radius 2 is 1.14 bits per heavy atom. The Morgan fingerprint density at radius 3 is 1.58 bits per heavy atom. The second kappa shape index (κ2) is 16.5. The van der Waals surface area contributed by atoms with Gasteiger partial charge < -0.3 is 14.4 Å². The lowest BCUT2D eigenvalue weighted by Crippen LogP contribution is -2.09. The second-order valence-corrected chi connectivity index (χ2v) is 7.87. The van der Waals surface area contributed by atoms with E-state index < -0.39 is 0 Å². The van der Waals surface area contributed by atoms with Gasteiger partial charge in [-0.1, -0.05) is 75.0 Å². The van der Waals surface area contributed by atoms with Crippen LogP contribution in [-0.4, -0.2) is 25.2 Å². The molecule has 0 aliphatic rings. The molecule has 0 aromatic heterocycles. The van der Waals surface area contributed by atoms with Crippen molar-refractivity contribution in [1.29, 1.82) is 0 Å². The molecule has 0 heterocycles. The number of carbonyl (C=O) groups is 2. The third kappa shape index (κ3) is 10.0. The molecular formula is C31H35NO4. The van der Waals surface area contributed by atoms with Gasteiger partial charge >= 0.3 is 11.9 Å². The van der Waals surface area contributed by atoms with E-state index in [2.05, 4.69) is 71.3 Å². The first-order valence-corrected chi connectivity index (χ1v) is 12.2. The molecule has 0 bridgehead atoms. The van der Waals surface area contributed by atoms with Gasteiger partial charge in [0, 0.05) is 29.2 Å². The summed E-state index contributed by atoms with van der Waals surface area (Å²) in [4.78, 5) is 23.6. The molecule has 0 radical (unpaired) electrons. The topological polar surface area (TPSA) is 55.8 Å². The zero-order chi connectivity index (χ0) is 26.0. The number of nitrogens with zero attached hydrogens (tertiary/aromatic N) is 1. The lowest BCUT2D eigenvalue weighted by molar-refractivity contribution is -0.138. The van der Waals surface area contributed by atoms with Crippen LogP contribution in [0.4, 0.5) is 17.1 Å². The number of carbonyl (C=O) groups excluding carboxylic acids is 2. The molecule has 0 aliphatic heterocycles. The standard InChI is InChI=1S/C24H23NO2.C7H12O2/c1-2-24(26)27-19-9-10-20-15-17-23(18-16-20)25(21-11-5-3-6-12-21)22-13-7-4-8-14-22;1-3-5-6-9-7(8)4-2/h2-8,11-18H,1,9-10,19H2;4H,2-3,5-6H2,1H3. The van der Waals surface area contributed by atoms with Crippen LogP contribution in [0, 0.1) is 0 Å². The van der Waals surface area contributed by atoms with E-state index in [0.29, 0.717) is 13.2 Å². The third-order valence-electron chi connectivity index (χ3n) is 5.15. The van der Waals surface area contributed by atoms with Gasteiger partial charge in [-0.05, 0) is 61.2 Å². The van der Waals surface area contributed by atoms with Gasteiger partial charge in [0.25, 0.3) is 0 Å². The van der Waals surface area contributed by atoms with Crippen LogP contribution in [0.2, 0.25) is 0 Å². The van der Waals surface area contributed by atoms with Crippen molar-refractivity contribution in [2.75, 3.05) is 18.1 Å². The summed E-state index contributed by atoms with van der Waals surface area (Å²) in [5.74, 6) is -0.699. The Morgan fingerprint density at radius 1 is 0.694 bits per heavy atom. The van der Waals surface area contributed by atoms with Gasteiger partial charge in [-0.2, -0.15) is 0 Å². The van der Waals surface area contributed by atoms with Crippen LogP contribution in [-0.2, 0) is 25.5 Å². The van der Waals surface area contributed by atoms with Crippen molar-refractivity contribution in [2.45, 2.75) is 32.6 Å². The average Bonchev–Trinajstić information content (AvgIpc) is 2.93. The molecule has 0 saturated heterocycles. The molecule has 36 heavy (non-hydrogen) atoms. The van der Waals surface area contributed by atoms with E-state index in [-0.39, 0.29) is 11.9 Å². The van der Waals surface area contributed by atoms with Gasteiger partial charge in [-0.25, -0.2) is 9.59 Å². The largest absolute Gasteiger partial charge is 0.463 e. The Bertz CT molecular complexity index is 1020. The van der Waals surface area contributed by atoms with E-state index in [4.69, 9.17) is 4.74 Å². The van der Waals surface area contributed by atoms with E-state index in [1.807, 2.05) is 43.3 Å². The van der Waals surface area contributed by atoms with Crippen molar-refractivity contribution >= 4 is 29.0 Å². The summed E-state index contributed by atoms with van der Waals surface area (Å²) in [5.41, 5.74) is 4.56. The molecule has 0 N–H and O–H groups in total. The van der Waals surface area contributed by atoms with E-state index in [0.717, 1.165) is 42.7 Å². The number of para-hydroxylation sites is 2. The average molecular weight is 486 g/mol. The van der Waals surface area contributed by atoms with Crippen LogP contribution in [0.15, 0.2) is 110 Å². The summed E-state index contributed by atoms with van der Waals surface area (Å²) in [6, 6.07) is 29.2. The van der Waals surface area contributed by atoms with Crippen molar-refractivity contribution in [2.24, 2.45) is 0 Å². The zero-order valence-electron chi connectivity index (χ0n) is 21.0. The highest BCUT2D eigenvalue weighted by molar-refractivity contribution is 5.81. The lowest BCUT2D eigenvalue weighted by atomic mass is 10.1. The molecule has 0 unspecified atom stereocenters. The molecule has 0 fully saturated rings. The van der Waals surface area contributed by atoms with Crippen LogP contribution in [0.5, 0.6) is 0 Å². The number of anilines is 3. The minimum Gasteiger partial charge on any atom is -0.463 e. The number of benzene rings is 3. The molecular weight excluding hydrogens is 450 g/mol. The van der Waals surface area contributed by atoms with Crippen molar-refractivity contribution < 1.29 is 19.1 Å². The number of aryl methyl sites for hydroxylation is 1. The summed E-state index contributed by atoms with van der Waals surface area (Å²) >= 11 is 0. The Kier molecular flexibility index (Phi) is 12.9. The maximum atomic E-state index is 11.1. The second-order valence-electron chi connectivity index (χ2n) is 7.87. The minimum atomic E-state index is -0.369. The summed E-state index contributed by atoms with van der Waals surface area (Å²) in [6.07, 6.45) is 6.00. The predicted molar refractivity (Wildman–Crippen MR) is 147 cm³/mol. The number of unbranched alkanes of at least 4 members (excludes halogenated alkanes) is 1. The van der Waals surface area contributed by atoms with E-state index in [9.17, 15) is 9.59 Å². The van der Waals surface area contributed by atoms with Crippen molar-refractivity contribution in [3.8, 4) is 0 Å². The monoisotopic (exact) mass is 485 g/mol. The fourth-order valence-corrected chi connectivity index (χ4v) is 3.30. The van der Waals surface area contributed by atoms with Crippen LogP contribution >= 0.6 is 0 Å². The van der Waals surface area contributed by atoms with Gasteiger partial charge in [0.15, 0.2) is 0 Å². The molecule has 3 rings (SSSR count). The molecule has 0 amide bonds. The normalized spacial score (nSPS) is 9.81. The zero-order valence-corrected chi connectivity index (χ0v) is 21.0. The third-order valence-corrected chi connectivity index (χ3v) is 5.15. The Labute approximate surface area is 214 Å². The summed E-state index contributed by atoms with van der Waals surface area (Å²) in [5, 5.41) is 0. The van der Waals surface area contributed by atoms with Gasteiger partial charge in [-0.15, -0.1) is 0 Å². The van der Waals surface area contributed by atoms with Gasteiger partial charge in [-0.3, -0.25) is 0 Å². The summed E-state index contributed by atoms with van der Waals surface area (Å²) in [6.45, 7) is 9.63. The maximum absolute atomic E-state index is 11.1. The molecule has 3 aromatic rings. The van der Waals surface area contributed by atoms with E-state index in [1.54, 1.807) is 0 Å². The highest BCUT2D eigenvalue weighted by Crippen LogP contribution is 2.34. The summed E-state index contributed by atoms with van der Waals surface area (Å²) in [7, 11) is 0. The van der Waals surface area contributed by atoms with E-state index in [1.165, 1.54) is 17.7 Å². The van der Waals surface area contributed by atoms with Gasteiger partial charge in [0.1, 0.15) is 0 Å². The first-order chi connectivity index (χ1) is 17.6. The highest BCUT2D eigenvalue weighted by atomic mass is 16.5. The number of rotatable bonds is 12. The van der Waals surface area contributed by atoms with Crippen molar-refractivity contribution in [1.82, 2.24) is 0 Å². The van der Waals surface area contributed by atoms with Crippen LogP contribution in [0.3, 0.4) is 0 Å². The molecule has 0 aliphatic carbocycles. The molecule has 0 spiro atoms. The molecule has 5 nitrogen and oxygen atoms in total. The smallest absolute Gasteiger partial charge is 0.330 e. The highest BCUT2D eigenvalue weighted by Gasteiger charge is 2.11. The molecule has 0 atom stereocenters. The first kappa shape index (κ1) is 28.1. The number of hydrogen-bond acceptors (Lipinski definition) is 5. The molecule has 3 aromatic carbocycles. The predicted octanol–water partition coefficient (Wildman–Crippen LogP) is 7.33. The SMILES string of the molecule is C=CC(=O)OCCCC.C=CC(=O)OCCCc1ccc(N(c2ccccc2)c2ccccc2)cc1. The molecule has 5 heteroatoms. The maximum Gasteiger partial charge on any atom is 0.330 e. The minimum absolute atomic E-state index is 0.330. The fraction of sp³-hybridized carbons (Fsp3) is 0.226. The van der Waals surface area contributed by atoms with Crippen molar-refractivity contribution in [3.63, 3.8) is 0 Å². The van der Waals surface area contributed by atoms with Crippen LogP contribution < -0.4 is 4.90 Å². The quantitative estimate of drug-likeness (QED) is 0.153. The molecule has 0 saturated carbocycles. The van der Waals surface area contributed by atoms with Crippen LogP contribution in [0.25, 0.3) is 0 Å². The number of esters is 2. The fourth-order valence-electron chi connectivity index (χ4n) is 3.30. The van der Waals surface area contributed by atoms with Gasteiger partial charge in [0.2, 0.25) is 0 Å². The Hall–Kier alpha value is -4.12. The first-order valence-electron chi connectivity index (χ1n) is 12.2. The number of ether oxygens (including phenoxy) is 2. The van der Waals surface area contributed by atoms with Crippen LogP contribution in [0.1, 0.15) is 31.7 Å². The van der Waals surface area contributed by atoms with Crippen molar-refractivity contribution in [3.05, 3.63) is 116 Å².